The lowest BCUT2D eigenvalue weighted by molar-refractivity contribution is -0.124. The van der Waals surface area contributed by atoms with Crippen molar-refractivity contribution in [1.82, 2.24) is 15.6 Å². The van der Waals surface area contributed by atoms with Gasteiger partial charge in [0, 0.05) is 12.2 Å². The van der Waals surface area contributed by atoms with E-state index in [1.165, 1.54) is 11.3 Å². The SMILES string of the molecule is Cc1cccc(C)c1OCC(=O)N[C@@H](Cc1ccccc1)[C@@H](O)C[C@H](Cc1ccccc1)NC(=O)OCc1cncs1. The molecule has 0 aliphatic carbocycles. The van der Waals surface area contributed by atoms with Crippen LogP contribution in [0.25, 0.3) is 0 Å². The van der Waals surface area contributed by atoms with Gasteiger partial charge in [-0.25, -0.2) is 4.79 Å². The van der Waals surface area contributed by atoms with Gasteiger partial charge in [0.1, 0.15) is 12.4 Å². The van der Waals surface area contributed by atoms with Crippen LogP contribution in [-0.2, 0) is 29.0 Å². The molecule has 0 unspecified atom stereocenters. The van der Waals surface area contributed by atoms with E-state index in [1.807, 2.05) is 92.7 Å². The average Bonchev–Trinajstić information content (AvgIpc) is 3.50. The van der Waals surface area contributed by atoms with Crippen molar-refractivity contribution in [3.8, 4) is 5.75 Å². The van der Waals surface area contributed by atoms with Gasteiger partial charge in [0.2, 0.25) is 0 Å². The molecule has 0 radical (unpaired) electrons. The quantitative estimate of drug-likeness (QED) is 0.188. The molecule has 3 atom stereocenters. The highest BCUT2D eigenvalue weighted by Gasteiger charge is 2.27. The summed E-state index contributed by atoms with van der Waals surface area (Å²) >= 11 is 1.40. The summed E-state index contributed by atoms with van der Waals surface area (Å²) in [5.74, 6) is 0.339. The predicted octanol–water partition coefficient (Wildman–Crippen LogP) is 5.15. The molecule has 0 aliphatic rings. The Morgan fingerprint density at radius 1 is 0.881 bits per heavy atom. The van der Waals surface area contributed by atoms with Crippen LogP contribution in [0.2, 0.25) is 0 Å². The molecule has 1 heterocycles. The van der Waals surface area contributed by atoms with Crippen molar-refractivity contribution in [3.05, 3.63) is 118 Å². The number of nitrogens with zero attached hydrogens (tertiary/aromatic N) is 1. The summed E-state index contributed by atoms with van der Waals surface area (Å²) in [6.45, 7) is 3.80. The summed E-state index contributed by atoms with van der Waals surface area (Å²) in [5.41, 5.74) is 5.54. The first-order chi connectivity index (χ1) is 20.4. The number of rotatable bonds is 14. The number of carbonyl (C=O) groups is 2. The molecule has 1 aromatic heterocycles. The van der Waals surface area contributed by atoms with Gasteiger partial charge in [-0.05, 0) is 55.4 Å². The number of aliphatic hydroxyl groups excluding tert-OH is 1. The fourth-order valence-corrected chi connectivity index (χ4v) is 5.28. The summed E-state index contributed by atoms with van der Waals surface area (Å²) in [6.07, 6.45) is 1.19. The number of alkyl carbamates (subject to hydrolysis) is 1. The first kappa shape index (κ1) is 30.7. The van der Waals surface area contributed by atoms with Crippen molar-refractivity contribution in [3.63, 3.8) is 0 Å². The topological polar surface area (TPSA) is 110 Å². The zero-order chi connectivity index (χ0) is 29.7. The number of hydrogen-bond acceptors (Lipinski definition) is 7. The van der Waals surface area contributed by atoms with E-state index in [0.29, 0.717) is 18.6 Å². The van der Waals surface area contributed by atoms with Gasteiger partial charge in [0.25, 0.3) is 5.91 Å². The minimum absolute atomic E-state index is 0.115. The highest BCUT2D eigenvalue weighted by Crippen LogP contribution is 2.22. The number of aryl methyl sites for hydroxylation is 2. The maximum absolute atomic E-state index is 13.1. The van der Waals surface area contributed by atoms with Crippen molar-refractivity contribution >= 4 is 23.3 Å². The third-order valence-electron chi connectivity index (χ3n) is 6.87. The summed E-state index contributed by atoms with van der Waals surface area (Å²) in [6, 6.07) is 24.1. The molecule has 0 saturated heterocycles. The smallest absolute Gasteiger partial charge is 0.407 e. The van der Waals surface area contributed by atoms with E-state index >= 15 is 0 Å². The molecule has 4 rings (SSSR count). The van der Waals surface area contributed by atoms with Crippen LogP contribution in [-0.4, -0.2) is 46.9 Å². The first-order valence-electron chi connectivity index (χ1n) is 13.9. The highest BCUT2D eigenvalue weighted by molar-refractivity contribution is 7.09. The predicted molar refractivity (Wildman–Crippen MR) is 163 cm³/mol. The number of hydrogen-bond donors (Lipinski definition) is 3. The number of benzene rings is 3. The molecule has 4 aromatic rings. The lowest BCUT2D eigenvalue weighted by atomic mass is 9.93. The number of aliphatic hydroxyl groups is 1. The number of ether oxygens (including phenoxy) is 2. The largest absolute Gasteiger partial charge is 0.483 e. The molecule has 220 valence electrons. The lowest BCUT2D eigenvalue weighted by Crippen LogP contribution is -2.49. The Labute approximate surface area is 250 Å². The van der Waals surface area contributed by atoms with Crippen LogP contribution in [0.4, 0.5) is 4.79 Å². The zero-order valence-corrected chi connectivity index (χ0v) is 24.7. The van der Waals surface area contributed by atoms with E-state index in [1.54, 1.807) is 11.7 Å². The second-order valence-corrected chi connectivity index (χ2v) is 11.2. The Morgan fingerprint density at radius 3 is 2.14 bits per heavy atom. The standard InChI is InChI=1S/C33H37N3O5S/c1-23-10-9-11-24(2)32(23)40-21-31(38)36-29(17-26-14-7-4-8-15-26)30(37)18-27(16-25-12-5-3-6-13-25)35-33(39)41-20-28-19-34-22-42-28/h3-15,19,22,27,29-30,37H,16-18,20-21H2,1-2H3,(H,35,39)(H,36,38)/t27-,29-,30-/m0/s1. The number of carbonyl (C=O) groups excluding carboxylic acids is 2. The van der Waals surface area contributed by atoms with Crippen molar-refractivity contribution in [2.45, 2.75) is 57.9 Å². The van der Waals surface area contributed by atoms with Gasteiger partial charge in [0.05, 0.1) is 22.5 Å². The molecule has 9 heteroatoms. The van der Waals surface area contributed by atoms with Crippen molar-refractivity contribution in [2.75, 3.05) is 6.61 Å². The molecule has 0 fully saturated rings. The summed E-state index contributed by atoms with van der Waals surface area (Å²) in [4.78, 5) is 30.6. The van der Waals surface area contributed by atoms with Gasteiger partial charge in [-0.2, -0.15) is 0 Å². The number of amides is 2. The molecule has 3 N–H and O–H groups in total. The van der Waals surface area contributed by atoms with Gasteiger partial charge < -0.3 is 25.2 Å². The number of aromatic nitrogens is 1. The minimum atomic E-state index is -0.968. The van der Waals surface area contributed by atoms with E-state index in [2.05, 4.69) is 15.6 Å². The van der Waals surface area contributed by atoms with Gasteiger partial charge in [-0.15, -0.1) is 11.3 Å². The second-order valence-electron chi connectivity index (χ2n) is 10.3. The first-order valence-corrected chi connectivity index (χ1v) is 14.8. The zero-order valence-electron chi connectivity index (χ0n) is 23.9. The Balaban J connectivity index is 1.45. The van der Waals surface area contributed by atoms with Gasteiger partial charge in [-0.1, -0.05) is 78.9 Å². The number of para-hydroxylation sites is 1. The lowest BCUT2D eigenvalue weighted by Gasteiger charge is -2.28. The minimum Gasteiger partial charge on any atom is -0.483 e. The normalized spacial score (nSPS) is 13.0. The summed E-state index contributed by atoms with van der Waals surface area (Å²) in [5, 5.41) is 17.4. The summed E-state index contributed by atoms with van der Waals surface area (Å²) < 4.78 is 11.3. The van der Waals surface area contributed by atoms with Crippen LogP contribution >= 0.6 is 11.3 Å². The maximum Gasteiger partial charge on any atom is 0.407 e. The Bertz CT molecular complexity index is 1380. The molecule has 0 bridgehead atoms. The third-order valence-corrected chi connectivity index (χ3v) is 7.62. The Hall–Kier alpha value is -4.21. The maximum atomic E-state index is 13.1. The van der Waals surface area contributed by atoms with E-state index in [4.69, 9.17) is 9.47 Å². The highest BCUT2D eigenvalue weighted by atomic mass is 32.1. The van der Waals surface area contributed by atoms with Gasteiger partial charge >= 0.3 is 6.09 Å². The molecule has 0 spiro atoms. The molecule has 3 aromatic carbocycles. The number of thiazole rings is 1. The van der Waals surface area contributed by atoms with Gasteiger partial charge in [-0.3, -0.25) is 9.78 Å². The molecule has 0 saturated carbocycles. The van der Waals surface area contributed by atoms with Crippen LogP contribution in [0.5, 0.6) is 5.75 Å². The molecule has 2 amide bonds. The third kappa shape index (κ3) is 9.71. The second kappa shape index (κ2) is 15.7. The molecule has 8 nitrogen and oxygen atoms in total. The van der Waals surface area contributed by atoms with Crippen molar-refractivity contribution in [1.29, 1.82) is 0 Å². The van der Waals surface area contributed by atoms with E-state index in [-0.39, 0.29) is 25.5 Å². The van der Waals surface area contributed by atoms with Crippen molar-refractivity contribution in [2.24, 2.45) is 0 Å². The van der Waals surface area contributed by atoms with E-state index in [9.17, 15) is 14.7 Å². The Morgan fingerprint density at radius 2 is 1.52 bits per heavy atom. The average molecular weight is 588 g/mol. The van der Waals surface area contributed by atoms with Crippen LogP contribution < -0.4 is 15.4 Å². The molecular formula is C33H37N3O5S. The molecular weight excluding hydrogens is 550 g/mol. The fraction of sp³-hybridized carbons (Fsp3) is 0.303. The van der Waals surface area contributed by atoms with Gasteiger partial charge in [0.15, 0.2) is 6.61 Å². The number of nitrogens with one attached hydrogen (secondary N) is 2. The Kier molecular flexibility index (Phi) is 11.5. The molecule has 0 aliphatic heterocycles. The van der Waals surface area contributed by atoms with Crippen LogP contribution in [0.15, 0.2) is 90.6 Å². The van der Waals surface area contributed by atoms with Crippen LogP contribution in [0, 0.1) is 13.8 Å². The van der Waals surface area contributed by atoms with Crippen LogP contribution in [0.1, 0.15) is 33.6 Å². The summed E-state index contributed by atoms with van der Waals surface area (Å²) in [7, 11) is 0. The monoisotopic (exact) mass is 587 g/mol. The van der Waals surface area contributed by atoms with E-state index < -0.39 is 24.3 Å². The van der Waals surface area contributed by atoms with E-state index in [0.717, 1.165) is 27.1 Å². The van der Waals surface area contributed by atoms with Crippen molar-refractivity contribution < 1.29 is 24.2 Å². The van der Waals surface area contributed by atoms with Crippen LogP contribution in [0.3, 0.4) is 0 Å². The fourth-order valence-electron chi connectivity index (χ4n) is 4.77. The molecule has 42 heavy (non-hydrogen) atoms.